The molecule has 0 spiro atoms. The smallest absolute Gasteiger partial charge is 0.329 e. The first-order chi connectivity index (χ1) is 20.4. The van der Waals surface area contributed by atoms with Crippen molar-refractivity contribution in [1.82, 2.24) is 10.2 Å². The van der Waals surface area contributed by atoms with Gasteiger partial charge in [0.15, 0.2) is 0 Å². The van der Waals surface area contributed by atoms with Crippen LogP contribution in [0.15, 0.2) is 60.7 Å². The summed E-state index contributed by atoms with van der Waals surface area (Å²) in [6, 6.07) is 15.6. The maximum atomic E-state index is 13.6. The van der Waals surface area contributed by atoms with Gasteiger partial charge < -0.3 is 25.0 Å². The molecule has 1 aliphatic heterocycles. The fraction of sp³-hybridized carbons (Fsp3) is 0.290. The van der Waals surface area contributed by atoms with Crippen molar-refractivity contribution in [2.75, 3.05) is 23.9 Å². The second-order valence-electron chi connectivity index (χ2n) is 10.5. The number of carbonyl (C=O) groups is 4. The molecule has 2 atom stereocenters. The minimum Gasteiger partial charge on any atom is -0.461 e. The van der Waals surface area contributed by atoms with Crippen molar-refractivity contribution in [2.24, 2.45) is 0 Å². The summed E-state index contributed by atoms with van der Waals surface area (Å²) in [5.41, 5.74) is 2.83. The van der Waals surface area contributed by atoms with E-state index >= 15 is 0 Å². The average Bonchev–Trinajstić information content (AvgIpc) is 2.96. The molecule has 2 N–H and O–H groups in total. The lowest BCUT2D eigenvalue weighted by atomic mass is 10.0. The van der Waals surface area contributed by atoms with Crippen LogP contribution in [0.2, 0.25) is 10.0 Å². The van der Waals surface area contributed by atoms with Gasteiger partial charge in [-0.2, -0.15) is 0 Å². The molecule has 4 rings (SSSR count). The number of fused-ring (bicyclic) bond motifs is 1. The van der Waals surface area contributed by atoms with Crippen LogP contribution >= 0.6 is 23.2 Å². The van der Waals surface area contributed by atoms with Gasteiger partial charge in [0.25, 0.3) is 11.8 Å². The number of aliphatic hydroxyl groups is 1. The van der Waals surface area contributed by atoms with Crippen molar-refractivity contribution in [3.05, 3.63) is 93.0 Å². The van der Waals surface area contributed by atoms with E-state index in [1.54, 1.807) is 81.4 Å². The van der Waals surface area contributed by atoms with E-state index in [1.165, 1.54) is 21.9 Å². The lowest BCUT2D eigenvalue weighted by Crippen LogP contribution is -2.54. The molecule has 226 valence electrons. The average molecular weight is 628 g/mol. The summed E-state index contributed by atoms with van der Waals surface area (Å²) < 4.78 is 5.38. The Bertz CT molecular complexity index is 1510. The number of halogens is 2. The van der Waals surface area contributed by atoms with E-state index in [4.69, 9.17) is 27.9 Å². The topological polar surface area (TPSA) is 119 Å². The van der Waals surface area contributed by atoms with Gasteiger partial charge >= 0.3 is 5.97 Å². The van der Waals surface area contributed by atoms with Crippen LogP contribution in [0.3, 0.4) is 0 Å². The molecule has 0 radical (unpaired) electrons. The molecule has 0 fully saturated rings. The van der Waals surface area contributed by atoms with E-state index in [-0.39, 0.29) is 22.0 Å². The van der Waals surface area contributed by atoms with Crippen LogP contribution in [-0.4, -0.2) is 66.8 Å². The molecule has 0 aliphatic carbocycles. The van der Waals surface area contributed by atoms with Gasteiger partial charge in [-0.25, -0.2) is 4.79 Å². The van der Waals surface area contributed by atoms with Crippen molar-refractivity contribution in [3.63, 3.8) is 0 Å². The number of anilines is 2. The molecule has 12 heteroatoms. The molecule has 1 heterocycles. The summed E-state index contributed by atoms with van der Waals surface area (Å²) in [6.07, 6.45) is -0.908. The molecule has 1 aliphatic rings. The van der Waals surface area contributed by atoms with Crippen molar-refractivity contribution >= 4 is 58.8 Å². The molecule has 0 aromatic heterocycles. The molecule has 3 aromatic rings. The van der Waals surface area contributed by atoms with E-state index in [9.17, 15) is 24.3 Å². The van der Waals surface area contributed by atoms with Crippen LogP contribution in [0.1, 0.15) is 45.7 Å². The minimum atomic E-state index is -1.28. The minimum absolute atomic E-state index is 0.0477. The molecule has 3 amide bonds. The van der Waals surface area contributed by atoms with Gasteiger partial charge in [0.05, 0.1) is 33.0 Å². The van der Waals surface area contributed by atoms with Crippen molar-refractivity contribution < 1.29 is 29.0 Å². The number of benzene rings is 3. The van der Waals surface area contributed by atoms with Crippen LogP contribution in [0.5, 0.6) is 0 Å². The predicted octanol–water partition coefficient (Wildman–Crippen LogP) is 4.25. The molecule has 43 heavy (non-hydrogen) atoms. The van der Waals surface area contributed by atoms with Crippen LogP contribution in [0.25, 0.3) is 0 Å². The molecule has 0 bridgehead atoms. The van der Waals surface area contributed by atoms with Crippen LogP contribution in [-0.2, 0) is 27.3 Å². The Morgan fingerprint density at radius 3 is 2.30 bits per heavy atom. The second-order valence-corrected chi connectivity index (χ2v) is 11.3. The number of amides is 3. The van der Waals surface area contributed by atoms with Gasteiger partial charge in [0, 0.05) is 32.7 Å². The number of aliphatic hydroxyl groups excluding tert-OH is 1. The van der Waals surface area contributed by atoms with Crippen molar-refractivity contribution in [1.29, 1.82) is 0 Å². The van der Waals surface area contributed by atoms with Gasteiger partial charge in [-0.1, -0.05) is 47.5 Å². The third kappa shape index (κ3) is 7.10. The number of hydrogen-bond acceptors (Lipinski definition) is 7. The Hall–Kier alpha value is -4.12. The number of esters is 1. The van der Waals surface area contributed by atoms with Crippen LogP contribution in [0, 0.1) is 0 Å². The first kappa shape index (κ1) is 31.8. The fourth-order valence-corrected chi connectivity index (χ4v) is 5.32. The number of nitrogens with zero attached hydrogens (tertiary/aromatic N) is 3. The summed E-state index contributed by atoms with van der Waals surface area (Å²) in [6.45, 7) is 3.73. The first-order valence-electron chi connectivity index (χ1n) is 13.5. The van der Waals surface area contributed by atoms with Gasteiger partial charge in [-0.05, 0) is 61.4 Å². The standard InChI is InChI=1S/C31H32Cl2N4O6/c1-18(2)43-30(41)25(34-28(39)27-23(32)6-5-7-24(27)33)15-19-8-11-21(12-9-19)37-29(40)22-14-20(16-35(3)17-38)10-13-26(22)36(4)31(37)42/h5-14,17-18,25,31,42H,15-16H2,1-4H3,(H,34,39)/t25-,31?/m0/s1. The van der Waals surface area contributed by atoms with Crippen molar-refractivity contribution in [3.8, 4) is 0 Å². The first-order valence-corrected chi connectivity index (χ1v) is 14.2. The number of ether oxygens (including phenoxy) is 1. The second kappa shape index (κ2) is 13.5. The van der Waals surface area contributed by atoms with E-state index in [1.807, 2.05) is 0 Å². The normalized spacial score (nSPS) is 15.2. The molecule has 0 saturated carbocycles. The number of rotatable bonds is 10. The molecular formula is C31H32Cl2N4O6. The maximum absolute atomic E-state index is 13.6. The summed E-state index contributed by atoms with van der Waals surface area (Å²) >= 11 is 12.4. The SMILES string of the molecule is CC(C)OC(=O)[C@H](Cc1ccc(N2C(=O)c3cc(CN(C)C=O)ccc3N(C)C2O)cc1)NC(=O)c1c(Cl)cccc1Cl. The lowest BCUT2D eigenvalue weighted by molar-refractivity contribution is -0.149. The fourth-order valence-electron chi connectivity index (χ4n) is 4.75. The highest BCUT2D eigenvalue weighted by molar-refractivity contribution is 6.39. The van der Waals surface area contributed by atoms with Gasteiger partial charge in [0.1, 0.15) is 6.04 Å². The monoisotopic (exact) mass is 626 g/mol. The predicted molar refractivity (Wildman–Crippen MR) is 164 cm³/mol. The van der Waals surface area contributed by atoms with Crippen molar-refractivity contribution in [2.45, 2.75) is 45.3 Å². The Labute approximate surface area is 259 Å². The quantitative estimate of drug-likeness (QED) is 0.255. The lowest BCUT2D eigenvalue weighted by Gasteiger charge is -2.40. The Kier molecular flexibility index (Phi) is 9.95. The third-order valence-corrected chi connectivity index (χ3v) is 7.50. The van der Waals surface area contributed by atoms with E-state index in [0.717, 1.165) is 5.56 Å². The Balaban J connectivity index is 1.57. The Morgan fingerprint density at radius 1 is 1.07 bits per heavy atom. The number of nitrogens with one attached hydrogen (secondary N) is 1. The summed E-state index contributed by atoms with van der Waals surface area (Å²) in [5.74, 6) is -1.67. The highest BCUT2D eigenvalue weighted by atomic mass is 35.5. The zero-order valence-electron chi connectivity index (χ0n) is 24.1. The molecule has 3 aromatic carbocycles. The van der Waals surface area contributed by atoms with E-state index in [2.05, 4.69) is 5.32 Å². The zero-order chi connectivity index (χ0) is 31.4. The van der Waals surface area contributed by atoms with Gasteiger partial charge in [-0.15, -0.1) is 0 Å². The van der Waals surface area contributed by atoms with Gasteiger partial charge in [-0.3, -0.25) is 19.3 Å². The van der Waals surface area contributed by atoms with Gasteiger partial charge in [0.2, 0.25) is 12.8 Å². The molecule has 1 unspecified atom stereocenters. The summed E-state index contributed by atoms with van der Waals surface area (Å²) in [5, 5.41) is 14.0. The molecule has 10 nitrogen and oxygen atoms in total. The van der Waals surface area contributed by atoms with Crippen LogP contribution in [0.4, 0.5) is 11.4 Å². The largest absolute Gasteiger partial charge is 0.461 e. The van der Waals surface area contributed by atoms with E-state index in [0.29, 0.717) is 35.5 Å². The zero-order valence-corrected chi connectivity index (χ0v) is 25.6. The summed E-state index contributed by atoms with van der Waals surface area (Å²) in [7, 11) is 3.32. The number of hydrogen-bond donors (Lipinski definition) is 2. The maximum Gasteiger partial charge on any atom is 0.329 e. The number of carbonyl (C=O) groups excluding carboxylic acids is 4. The Morgan fingerprint density at radius 2 is 1.70 bits per heavy atom. The van der Waals surface area contributed by atoms with Crippen LogP contribution < -0.4 is 15.1 Å². The third-order valence-electron chi connectivity index (χ3n) is 6.87. The molecular weight excluding hydrogens is 595 g/mol. The van der Waals surface area contributed by atoms with E-state index < -0.39 is 36.3 Å². The molecule has 0 saturated heterocycles. The highest BCUT2D eigenvalue weighted by Crippen LogP contribution is 2.33. The summed E-state index contributed by atoms with van der Waals surface area (Å²) in [4.78, 5) is 54.9. The highest BCUT2D eigenvalue weighted by Gasteiger charge is 2.36.